The van der Waals surface area contributed by atoms with E-state index in [0.29, 0.717) is 24.9 Å². The van der Waals surface area contributed by atoms with Crippen LogP contribution in [0.15, 0.2) is 22.8 Å². The fourth-order valence-electron chi connectivity index (χ4n) is 4.83. The highest BCUT2D eigenvalue weighted by Gasteiger charge is 2.49. The molecule has 1 atom stereocenters. The van der Waals surface area contributed by atoms with Crippen molar-refractivity contribution in [3.63, 3.8) is 0 Å². The van der Waals surface area contributed by atoms with Gasteiger partial charge in [0.1, 0.15) is 5.54 Å². The molecular formula is C19H28N6O2. The summed E-state index contributed by atoms with van der Waals surface area (Å²) in [6.07, 6.45) is 7.08. The molecule has 0 spiro atoms. The monoisotopic (exact) mass is 372 g/mol. The lowest BCUT2D eigenvalue weighted by Crippen LogP contribution is -2.50. The second-order valence-corrected chi connectivity index (χ2v) is 7.54. The minimum atomic E-state index is -0.349. The molecule has 8 heteroatoms. The summed E-state index contributed by atoms with van der Waals surface area (Å²) in [5.41, 5.74) is -0.349. The average molecular weight is 372 g/mol. The summed E-state index contributed by atoms with van der Waals surface area (Å²) in [4.78, 5) is 17.1. The second kappa shape index (κ2) is 7.42. The van der Waals surface area contributed by atoms with Gasteiger partial charge in [-0.3, -0.25) is 9.69 Å². The number of amides is 1. The summed E-state index contributed by atoms with van der Waals surface area (Å²) >= 11 is 0. The zero-order valence-corrected chi connectivity index (χ0v) is 16.2. The van der Waals surface area contributed by atoms with Crippen molar-refractivity contribution in [2.75, 3.05) is 26.2 Å². The van der Waals surface area contributed by atoms with Gasteiger partial charge in [-0.25, -0.2) is 4.68 Å². The van der Waals surface area contributed by atoms with Crippen LogP contribution in [0.1, 0.15) is 68.4 Å². The lowest BCUT2D eigenvalue weighted by molar-refractivity contribution is 0.0637. The van der Waals surface area contributed by atoms with Gasteiger partial charge in [-0.2, -0.15) is 0 Å². The molecule has 1 amide bonds. The molecule has 2 aromatic rings. The predicted octanol–water partition coefficient (Wildman–Crippen LogP) is 2.46. The number of tetrazole rings is 1. The van der Waals surface area contributed by atoms with Gasteiger partial charge < -0.3 is 9.32 Å². The molecule has 27 heavy (non-hydrogen) atoms. The van der Waals surface area contributed by atoms with Crippen molar-refractivity contribution < 1.29 is 9.21 Å². The number of carbonyl (C=O) groups is 1. The number of carbonyl (C=O) groups excluding carboxylic acids is 1. The lowest BCUT2D eigenvalue weighted by atomic mass is 9.94. The van der Waals surface area contributed by atoms with Crippen LogP contribution in [0, 0.1) is 0 Å². The van der Waals surface area contributed by atoms with Crippen LogP contribution in [0.3, 0.4) is 0 Å². The summed E-state index contributed by atoms with van der Waals surface area (Å²) in [6.45, 7) is 7.35. The quantitative estimate of drug-likeness (QED) is 0.775. The maximum absolute atomic E-state index is 12.9. The predicted molar refractivity (Wildman–Crippen MR) is 99.1 cm³/mol. The van der Waals surface area contributed by atoms with E-state index in [4.69, 9.17) is 4.42 Å². The van der Waals surface area contributed by atoms with Gasteiger partial charge in [0.05, 0.1) is 12.3 Å². The minimum absolute atomic E-state index is 0.0612. The van der Waals surface area contributed by atoms with Crippen molar-refractivity contribution >= 4 is 5.91 Å². The molecule has 0 radical (unpaired) electrons. The van der Waals surface area contributed by atoms with Crippen LogP contribution in [0.4, 0.5) is 0 Å². The third kappa shape index (κ3) is 3.05. The first-order valence-electron chi connectivity index (χ1n) is 10.1. The minimum Gasteiger partial charge on any atom is -0.459 e. The molecule has 0 aromatic carbocycles. The van der Waals surface area contributed by atoms with Crippen LogP contribution < -0.4 is 0 Å². The second-order valence-electron chi connectivity index (χ2n) is 7.54. The summed E-state index contributed by atoms with van der Waals surface area (Å²) < 4.78 is 7.38. The molecule has 8 nitrogen and oxygen atoms in total. The molecular weight excluding hydrogens is 344 g/mol. The zero-order chi connectivity index (χ0) is 18.9. The Kier molecular flexibility index (Phi) is 4.99. The fourth-order valence-corrected chi connectivity index (χ4v) is 4.83. The van der Waals surface area contributed by atoms with E-state index in [9.17, 15) is 4.79 Å². The molecule has 4 rings (SSSR count). The van der Waals surface area contributed by atoms with Crippen LogP contribution in [0.25, 0.3) is 0 Å². The van der Waals surface area contributed by atoms with Crippen molar-refractivity contribution in [3.05, 3.63) is 30.0 Å². The van der Waals surface area contributed by atoms with Crippen molar-refractivity contribution in [2.24, 2.45) is 0 Å². The molecule has 2 aliphatic rings. The van der Waals surface area contributed by atoms with Crippen molar-refractivity contribution in [3.8, 4) is 0 Å². The number of likely N-dealkylation sites (tertiary alicyclic amines) is 1. The molecule has 2 aromatic heterocycles. The van der Waals surface area contributed by atoms with Crippen molar-refractivity contribution in [2.45, 2.75) is 57.5 Å². The lowest BCUT2D eigenvalue weighted by Gasteiger charge is -2.39. The van der Waals surface area contributed by atoms with E-state index in [1.54, 1.807) is 18.4 Å². The first kappa shape index (κ1) is 18.2. The Hall–Kier alpha value is -2.22. The molecule has 1 unspecified atom stereocenters. The van der Waals surface area contributed by atoms with Crippen molar-refractivity contribution in [1.29, 1.82) is 0 Å². The van der Waals surface area contributed by atoms with Gasteiger partial charge in [0, 0.05) is 13.1 Å². The Bertz CT molecular complexity index is 763. The summed E-state index contributed by atoms with van der Waals surface area (Å²) in [7, 11) is 0. The van der Waals surface area contributed by atoms with E-state index < -0.39 is 0 Å². The van der Waals surface area contributed by atoms with Gasteiger partial charge in [-0.05, 0) is 54.9 Å². The molecule has 1 saturated heterocycles. The van der Waals surface area contributed by atoms with Gasteiger partial charge >= 0.3 is 0 Å². The summed E-state index contributed by atoms with van der Waals surface area (Å²) in [5, 5.41) is 12.9. The van der Waals surface area contributed by atoms with E-state index in [0.717, 1.165) is 38.2 Å². The van der Waals surface area contributed by atoms with E-state index in [1.165, 1.54) is 12.8 Å². The molecule has 1 aliphatic heterocycles. The zero-order valence-electron chi connectivity index (χ0n) is 16.2. The number of aromatic nitrogens is 4. The Labute approximate surface area is 159 Å². The van der Waals surface area contributed by atoms with Crippen molar-refractivity contribution in [1.82, 2.24) is 30.0 Å². The molecule has 3 heterocycles. The average Bonchev–Trinajstić information content (AvgIpc) is 3.49. The SMILES string of the molecule is CCN(CC)C1(c2nnnn2C2CCCC2)CCN(C(=O)c2ccco2)C1. The smallest absolute Gasteiger partial charge is 0.289 e. The third-order valence-corrected chi connectivity index (χ3v) is 6.22. The summed E-state index contributed by atoms with van der Waals surface area (Å²) in [5.74, 6) is 1.24. The van der Waals surface area contributed by atoms with Crippen LogP contribution >= 0.6 is 0 Å². The molecule has 146 valence electrons. The van der Waals surface area contributed by atoms with Gasteiger partial charge in [0.2, 0.25) is 0 Å². The number of likely N-dealkylation sites (N-methyl/N-ethyl adjacent to an activating group) is 1. The largest absolute Gasteiger partial charge is 0.459 e. The highest BCUT2D eigenvalue weighted by Crippen LogP contribution is 2.40. The molecule has 0 bridgehead atoms. The first-order chi connectivity index (χ1) is 13.2. The molecule has 2 fully saturated rings. The maximum Gasteiger partial charge on any atom is 0.289 e. The summed E-state index contributed by atoms with van der Waals surface area (Å²) in [6, 6.07) is 3.85. The molecule has 0 N–H and O–H groups in total. The van der Waals surface area contributed by atoms with Gasteiger partial charge in [0.15, 0.2) is 11.6 Å². The van der Waals surface area contributed by atoms with Gasteiger partial charge in [-0.15, -0.1) is 5.10 Å². The standard InChI is InChI=1S/C19H28N6O2/c1-3-24(4-2)19(18-20-21-22-25(18)15-8-5-6-9-15)11-12-23(14-19)17(26)16-10-7-13-27-16/h7,10,13,15H,3-6,8-9,11-12,14H2,1-2H3. The Morgan fingerprint density at radius 1 is 1.33 bits per heavy atom. The number of hydrogen-bond donors (Lipinski definition) is 0. The normalized spacial score (nSPS) is 23.6. The topological polar surface area (TPSA) is 80.3 Å². The highest BCUT2D eigenvalue weighted by molar-refractivity contribution is 5.91. The van der Waals surface area contributed by atoms with E-state index in [-0.39, 0.29) is 11.4 Å². The highest BCUT2D eigenvalue weighted by atomic mass is 16.3. The Morgan fingerprint density at radius 3 is 2.78 bits per heavy atom. The molecule has 1 saturated carbocycles. The van der Waals surface area contributed by atoms with Gasteiger partial charge in [-0.1, -0.05) is 26.7 Å². The van der Waals surface area contributed by atoms with Crippen LogP contribution in [-0.4, -0.2) is 62.1 Å². The van der Waals surface area contributed by atoms with Crippen LogP contribution in [0.5, 0.6) is 0 Å². The maximum atomic E-state index is 12.9. The first-order valence-corrected chi connectivity index (χ1v) is 10.1. The number of furan rings is 1. The van der Waals surface area contributed by atoms with E-state index in [1.807, 2.05) is 9.58 Å². The van der Waals surface area contributed by atoms with E-state index >= 15 is 0 Å². The Balaban J connectivity index is 1.68. The number of rotatable bonds is 6. The molecule has 1 aliphatic carbocycles. The van der Waals surface area contributed by atoms with Crippen LogP contribution in [-0.2, 0) is 5.54 Å². The Morgan fingerprint density at radius 2 is 2.11 bits per heavy atom. The fraction of sp³-hybridized carbons (Fsp3) is 0.684. The van der Waals surface area contributed by atoms with Gasteiger partial charge in [0.25, 0.3) is 5.91 Å². The van der Waals surface area contributed by atoms with Crippen LogP contribution in [0.2, 0.25) is 0 Å². The third-order valence-electron chi connectivity index (χ3n) is 6.22. The van der Waals surface area contributed by atoms with E-state index in [2.05, 4.69) is 34.3 Å². The number of hydrogen-bond acceptors (Lipinski definition) is 6. The number of nitrogens with zero attached hydrogens (tertiary/aromatic N) is 6.